The monoisotopic (exact) mass is 552 g/mol. The fourth-order valence-corrected chi connectivity index (χ4v) is 6.13. The van der Waals surface area contributed by atoms with E-state index in [4.69, 9.17) is 11.6 Å². The number of hydrogen-bond donors (Lipinski definition) is 2. The zero-order valence-corrected chi connectivity index (χ0v) is 24.7. The Morgan fingerprint density at radius 2 is 1.92 bits per heavy atom. The van der Waals surface area contributed by atoms with Crippen molar-refractivity contribution in [1.29, 1.82) is 0 Å². The van der Waals surface area contributed by atoms with E-state index in [1.165, 1.54) is 5.56 Å². The molecule has 0 bridgehead atoms. The molecule has 2 aromatic heterocycles. The number of halogens is 1. The maximum absolute atomic E-state index is 13.2. The molecule has 2 N–H and O–H groups in total. The maximum Gasteiger partial charge on any atom is 0.269 e. The van der Waals surface area contributed by atoms with Gasteiger partial charge in [-0.15, -0.1) is 0 Å². The molecule has 2 heterocycles. The second-order valence-corrected chi connectivity index (χ2v) is 11.2. The summed E-state index contributed by atoms with van der Waals surface area (Å²) in [6.45, 7) is 9.24. The Morgan fingerprint density at radius 1 is 1.23 bits per heavy atom. The van der Waals surface area contributed by atoms with Gasteiger partial charge >= 0.3 is 0 Å². The van der Waals surface area contributed by atoms with E-state index in [-0.39, 0.29) is 18.0 Å². The van der Waals surface area contributed by atoms with Crippen LogP contribution in [0.25, 0.3) is 0 Å². The molecule has 1 aromatic carbocycles. The number of benzene rings is 1. The minimum atomic E-state index is -0.232. The minimum Gasteiger partial charge on any atom is -0.369 e. The summed E-state index contributed by atoms with van der Waals surface area (Å²) in [7, 11) is 4.00. The van der Waals surface area contributed by atoms with E-state index in [1.807, 2.05) is 38.4 Å². The molecule has 0 radical (unpaired) electrons. The van der Waals surface area contributed by atoms with Crippen LogP contribution in [0.5, 0.6) is 0 Å². The number of aromatic amines is 1. The van der Waals surface area contributed by atoms with Gasteiger partial charge in [-0.05, 0) is 89.8 Å². The highest BCUT2D eigenvalue weighted by Crippen LogP contribution is 2.35. The van der Waals surface area contributed by atoms with Crippen molar-refractivity contribution in [1.82, 2.24) is 25.0 Å². The van der Waals surface area contributed by atoms with Crippen molar-refractivity contribution in [2.45, 2.75) is 78.0 Å². The second kappa shape index (κ2) is 12.4. The highest BCUT2D eigenvalue weighted by atomic mass is 35.5. The van der Waals surface area contributed by atoms with E-state index in [1.54, 1.807) is 17.8 Å². The molecule has 1 fully saturated rings. The van der Waals surface area contributed by atoms with Crippen LogP contribution < -0.4 is 15.8 Å². The van der Waals surface area contributed by atoms with Crippen LogP contribution in [0.2, 0.25) is 5.02 Å². The topological polar surface area (TPSA) is 86.3 Å². The summed E-state index contributed by atoms with van der Waals surface area (Å²) >= 11 is 6.56. The standard InChI is InChI=1S/C30H41ClN6O2/c1-7-37(25-12-10-24(11-13-25)35(5)20(3)22-9-8-14-32-17-22)28-16-23(31)15-26(19(28)2)29(38)33-18-27-21(4)36(6)34-30(27)39/h8-9,14-17,20,24-25H,7,10-13,18H2,1-6H3,(H,33,38)(H,34,39)/t20?,24-,25-. The van der Waals surface area contributed by atoms with Crippen molar-refractivity contribution in [2.24, 2.45) is 7.05 Å². The molecule has 210 valence electrons. The van der Waals surface area contributed by atoms with Crippen LogP contribution in [0.4, 0.5) is 5.69 Å². The Labute approximate surface area is 236 Å². The number of nitrogens with zero attached hydrogens (tertiary/aromatic N) is 4. The Kier molecular flexibility index (Phi) is 9.18. The number of H-pyrrole nitrogens is 1. The summed E-state index contributed by atoms with van der Waals surface area (Å²) < 4.78 is 1.66. The third-order valence-corrected chi connectivity index (χ3v) is 8.83. The number of pyridine rings is 1. The molecule has 1 saturated carbocycles. The Morgan fingerprint density at radius 3 is 2.51 bits per heavy atom. The van der Waals surface area contributed by atoms with Gasteiger partial charge in [0.15, 0.2) is 0 Å². The van der Waals surface area contributed by atoms with Gasteiger partial charge in [-0.25, -0.2) is 0 Å². The van der Waals surface area contributed by atoms with Crippen molar-refractivity contribution >= 4 is 23.2 Å². The van der Waals surface area contributed by atoms with E-state index >= 15 is 0 Å². The van der Waals surface area contributed by atoms with Gasteiger partial charge < -0.3 is 10.2 Å². The lowest BCUT2D eigenvalue weighted by Crippen LogP contribution is -2.44. The zero-order valence-electron chi connectivity index (χ0n) is 23.9. The summed E-state index contributed by atoms with van der Waals surface area (Å²) in [5, 5.41) is 6.19. The highest BCUT2D eigenvalue weighted by molar-refractivity contribution is 6.31. The molecule has 1 aliphatic carbocycles. The molecule has 0 saturated heterocycles. The lowest BCUT2D eigenvalue weighted by Gasteiger charge is -2.42. The molecule has 1 aliphatic rings. The number of aryl methyl sites for hydroxylation is 1. The van der Waals surface area contributed by atoms with E-state index < -0.39 is 0 Å². The first kappa shape index (κ1) is 28.9. The first-order valence-corrected chi connectivity index (χ1v) is 14.2. The molecule has 4 rings (SSSR count). The summed E-state index contributed by atoms with van der Waals surface area (Å²) in [4.78, 5) is 34.6. The van der Waals surface area contributed by atoms with E-state index in [9.17, 15) is 9.59 Å². The van der Waals surface area contributed by atoms with Crippen molar-refractivity contribution < 1.29 is 4.79 Å². The first-order valence-electron chi connectivity index (χ1n) is 13.8. The summed E-state index contributed by atoms with van der Waals surface area (Å²) in [5.41, 5.74) is 4.86. The van der Waals surface area contributed by atoms with Crippen molar-refractivity contribution in [2.75, 3.05) is 18.5 Å². The smallest absolute Gasteiger partial charge is 0.269 e. The number of amides is 1. The van der Waals surface area contributed by atoms with Crippen LogP contribution in [0.1, 0.15) is 78.3 Å². The molecular weight excluding hydrogens is 512 g/mol. The Bertz CT molecular complexity index is 1340. The van der Waals surface area contributed by atoms with Gasteiger partial charge in [-0.3, -0.25) is 29.3 Å². The van der Waals surface area contributed by atoms with E-state index in [0.29, 0.717) is 34.3 Å². The first-order chi connectivity index (χ1) is 18.6. The largest absolute Gasteiger partial charge is 0.369 e. The van der Waals surface area contributed by atoms with Crippen LogP contribution in [-0.4, -0.2) is 51.2 Å². The molecule has 0 aliphatic heterocycles. The molecule has 0 spiro atoms. The van der Waals surface area contributed by atoms with Crippen LogP contribution in [-0.2, 0) is 13.6 Å². The normalized spacial score (nSPS) is 18.3. The highest BCUT2D eigenvalue weighted by Gasteiger charge is 2.30. The molecule has 8 nitrogen and oxygen atoms in total. The number of aromatic nitrogens is 3. The fraction of sp³-hybridized carbons (Fsp3) is 0.500. The summed E-state index contributed by atoms with van der Waals surface area (Å²) in [6, 6.07) is 9.05. The quantitative estimate of drug-likeness (QED) is 0.384. The van der Waals surface area contributed by atoms with Crippen molar-refractivity contribution in [3.8, 4) is 0 Å². The van der Waals surface area contributed by atoms with E-state index in [0.717, 1.165) is 49.2 Å². The van der Waals surface area contributed by atoms with E-state index in [2.05, 4.69) is 52.2 Å². The number of nitrogens with one attached hydrogen (secondary N) is 2. The lowest BCUT2D eigenvalue weighted by molar-refractivity contribution is 0.0950. The predicted molar refractivity (Wildman–Crippen MR) is 158 cm³/mol. The molecule has 3 aromatic rings. The second-order valence-electron chi connectivity index (χ2n) is 10.7. The molecule has 1 atom stereocenters. The van der Waals surface area contributed by atoms with Crippen LogP contribution >= 0.6 is 11.6 Å². The van der Waals surface area contributed by atoms with Gasteiger partial charge in [0.2, 0.25) is 0 Å². The van der Waals surface area contributed by atoms with Gasteiger partial charge in [0.1, 0.15) is 0 Å². The van der Waals surface area contributed by atoms with Gasteiger partial charge in [-0.1, -0.05) is 17.7 Å². The Balaban J connectivity index is 1.46. The third kappa shape index (κ3) is 6.23. The summed E-state index contributed by atoms with van der Waals surface area (Å²) in [5.74, 6) is -0.232. The number of carbonyl (C=O) groups is 1. The number of rotatable bonds is 9. The number of hydrogen-bond acceptors (Lipinski definition) is 5. The summed E-state index contributed by atoms with van der Waals surface area (Å²) in [6.07, 6.45) is 8.15. The third-order valence-electron chi connectivity index (χ3n) is 8.61. The molecular formula is C30H41ClN6O2. The number of carbonyl (C=O) groups excluding carboxylic acids is 1. The van der Waals surface area contributed by atoms with Crippen LogP contribution in [0.3, 0.4) is 0 Å². The lowest BCUT2D eigenvalue weighted by atomic mass is 9.87. The van der Waals surface area contributed by atoms with Crippen molar-refractivity contribution in [3.63, 3.8) is 0 Å². The predicted octanol–water partition coefficient (Wildman–Crippen LogP) is 5.14. The fourth-order valence-electron chi connectivity index (χ4n) is 5.92. The van der Waals surface area contributed by atoms with Gasteiger partial charge in [0.25, 0.3) is 11.5 Å². The Hall–Kier alpha value is -3.10. The maximum atomic E-state index is 13.2. The van der Waals surface area contributed by atoms with Crippen LogP contribution in [0.15, 0.2) is 41.5 Å². The SMILES string of the molecule is CCN(c1cc(Cl)cc(C(=O)NCc2c(C)n(C)[nH]c2=O)c1C)[C@H]1CC[C@H](N(C)C(C)c2cccnc2)CC1. The average molecular weight is 553 g/mol. The average Bonchev–Trinajstić information content (AvgIpc) is 3.19. The van der Waals surface area contributed by atoms with Crippen molar-refractivity contribution in [3.05, 3.63) is 80.0 Å². The van der Waals surface area contributed by atoms with Gasteiger partial charge in [-0.2, -0.15) is 0 Å². The molecule has 9 heteroatoms. The molecule has 39 heavy (non-hydrogen) atoms. The van der Waals surface area contributed by atoms with Crippen LogP contribution in [0, 0.1) is 13.8 Å². The molecule has 1 amide bonds. The zero-order chi connectivity index (χ0) is 28.3. The molecule has 1 unspecified atom stereocenters. The minimum absolute atomic E-state index is 0.161. The van der Waals surface area contributed by atoms with Gasteiger partial charge in [0.05, 0.1) is 12.1 Å². The van der Waals surface area contributed by atoms with Gasteiger partial charge in [0, 0.05) is 66.1 Å². The number of anilines is 1.